The highest BCUT2D eigenvalue weighted by Crippen LogP contribution is 2.28. The van der Waals surface area contributed by atoms with Gasteiger partial charge in [0.15, 0.2) is 0 Å². The predicted molar refractivity (Wildman–Crippen MR) is 67.2 cm³/mol. The first-order chi connectivity index (χ1) is 7.49. The summed E-state index contributed by atoms with van der Waals surface area (Å²) in [6.07, 6.45) is 1.02. The van der Waals surface area contributed by atoms with E-state index in [1.807, 2.05) is 20.0 Å². The van der Waals surface area contributed by atoms with Crippen LogP contribution in [0, 0.1) is 5.82 Å². The zero-order valence-electron chi connectivity index (χ0n) is 10.5. The van der Waals surface area contributed by atoms with Crippen LogP contribution < -0.4 is 10.6 Å². The molecule has 0 aliphatic rings. The molecule has 90 valence electrons. The van der Waals surface area contributed by atoms with Crippen LogP contribution >= 0.6 is 0 Å². The van der Waals surface area contributed by atoms with Crippen molar-refractivity contribution < 1.29 is 4.39 Å². The van der Waals surface area contributed by atoms with E-state index in [4.69, 9.17) is 5.73 Å². The summed E-state index contributed by atoms with van der Waals surface area (Å²) in [4.78, 5) is 2.09. The minimum absolute atomic E-state index is 0.220. The Morgan fingerprint density at radius 1 is 1.38 bits per heavy atom. The van der Waals surface area contributed by atoms with E-state index in [0.29, 0.717) is 11.6 Å². The van der Waals surface area contributed by atoms with Gasteiger partial charge in [-0.25, -0.2) is 4.39 Å². The fraction of sp³-hybridized carbons (Fsp3) is 0.538. The van der Waals surface area contributed by atoms with Crippen LogP contribution in [0.25, 0.3) is 0 Å². The van der Waals surface area contributed by atoms with E-state index in [-0.39, 0.29) is 11.9 Å². The summed E-state index contributed by atoms with van der Waals surface area (Å²) in [6.45, 7) is 6.05. The minimum atomic E-state index is -0.289. The molecule has 3 heteroatoms. The predicted octanol–water partition coefficient (Wildman–Crippen LogP) is 3.08. The molecule has 0 aromatic heterocycles. The Morgan fingerprint density at radius 2 is 2.00 bits per heavy atom. The average molecular weight is 224 g/mol. The van der Waals surface area contributed by atoms with Crippen molar-refractivity contribution in [1.82, 2.24) is 0 Å². The maximum absolute atomic E-state index is 13.7. The SMILES string of the molecule is CCC(C)N(C)c1cccc(F)c1[C@@H](C)N. The quantitative estimate of drug-likeness (QED) is 0.851. The van der Waals surface area contributed by atoms with Gasteiger partial charge in [-0.15, -0.1) is 0 Å². The molecule has 2 nitrogen and oxygen atoms in total. The van der Waals surface area contributed by atoms with Crippen molar-refractivity contribution in [3.8, 4) is 0 Å². The summed E-state index contributed by atoms with van der Waals surface area (Å²) in [5.41, 5.74) is 7.32. The number of benzene rings is 1. The molecule has 0 saturated carbocycles. The highest BCUT2D eigenvalue weighted by molar-refractivity contribution is 5.55. The summed E-state index contributed by atoms with van der Waals surface area (Å²) in [6, 6.07) is 5.21. The van der Waals surface area contributed by atoms with Gasteiger partial charge in [0.25, 0.3) is 0 Å². The van der Waals surface area contributed by atoms with Gasteiger partial charge in [-0.05, 0) is 32.4 Å². The van der Waals surface area contributed by atoms with Gasteiger partial charge in [0.1, 0.15) is 5.82 Å². The third-order valence-corrected chi connectivity index (χ3v) is 3.12. The van der Waals surface area contributed by atoms with Crippen molar-refractivity contribution >= 4 is 5.69 Å². The Balaban J connectivity index is 3.17. The lowest BCUT2D eigenvalue weighted by Crippen LogP contribution is -2.30. The molecule has 1 rings (SSSR count). The number of anilines is 1. The third kappa shape index (κ3) is 2.53. The highest BCUT2D eigenvalue weighted by atomic mass is 19.1. The number of hydrogen-bond acceptors (Lipinski definition) is 2. The van der Waals surface area contributed by atoms with E-state index in [1.54, 1.807) is 6.07 Å². The first-order valence-corrected chi connectivity index (χ1v) is 5.75. The lowest BCUT2D eigenvalue weighted by molar-refractivity contribution is 0.586. The molecule has 0 aliphatic heterocycles. The summed E-state index contributed by atoms with van der Waals surface area (Å²) < 4.78 is 13.7. The third-order valence-electron chi connectivity index (χ3n) is 3.12. The van der Waals surface area contributed by atoms with Crippen molar-refractivity contribution in [2.75, 3.05) is 11.9 Å². The molecule has 2 atom stereocenters. The number of hydrogen-bond donors (Lipinski definition) is 1. The lowest BCUT2D eigenvalue weighted by Gasteiger charge is -2.29. The monoisotopic (exact) mass is 224 g/mol. The molecule has 1 aromatic rings. The molecule has 1 aromatic carbocycles. The second kappa shape index (κ2) is 5.30. The molecule has 16 heavy (non-hydrogen) atoms. The van der Waals surface area contributed by atoms with E-state index in [2.05, 4.69) is 18.7 Å². The summed E-state index contributed by atoms with van der Waals surface area (Å²) >= 11 is 0. The molecule has 0 spiro atoms. The topological polar surface area (TPSA) is 29.3 Å². The fourth-order valence-corrected chi connectivity index (χ4v) is 1.80. The zero-order chi connectivity index (χ0) is 12.3. The Morgan fingerprint density at radius 3 is 2.50 bits per heavy atom. The van der Waals surface area contributed by atoms with Gasteiger partial charge in [0.05, 0.1) is 0 Å². The molecule has 1 unspecified atom stereocenters. The highest BCUT2D eigenvalue weighted by Gasteiger charge is 2.17. The van der Waals surface area contributed by atoms with Gasteiger partial charge in [-0.3, -0.25) is 0 Å². The van der Waals surface area contributed by atoms with Crippen LogP contribution in [0.15, 0.2) is 18.2 Å². The van der Waals surface area contributed by atoms with Crippen molar-refractivity contribution in [3.05, 3.63) is 29.6 Å². The second-order valence-electron chi connectivity index (χ2n) is 4.33. The van der Waals surface area contributed by atoms with E-state index in [9.17, 15) is 4.39 Å². The molecule has 0 bridgehead atoms. The Bertz CT molecular complexity index is 350. The number of rotatable bonds is 4. The van der Waals surface area contributed by atoms with Crippen LogP contribution in [0.4, 0.5) is 10.1 Å². The molecule has 2 N–H and O–H groups in total. The van der Waals surface area contributed by atoms with E-state index < -0.39 is 0 Å². The van der Waals surface area contributed by atoms with Crippen LogP contribution in [0.2, 0.25) is 0 Å². The van der Waals surface area contributed by atoms with E-state index >= 15 is 0 Å². The Kier molecular flexibility index (Phi) is 4.30. The molecular formula is C13H21FN2. The normalized spacial score (nSPS) is 14.6. The molecular weight excluding hydrogens is 203 g/mol. The number of nitrogens with two attached hydrogens (primary N) is 1. The average Bonchev–Trinajstić information content (AvgIpc) is 2.26. The molecule has 0 saturated heterocycles. The van der Waals surface area contributed by atoms with Gasteiger partial charge >= 0.3 is 0 Å². The second-order valence-corrected chi connectivity index (χ2v) is 4.33. The molecule has 0 fully saturated rings. The summed E-state index contributed by atoms with van der Waals surface area (Å²) in [7, 11) is 1.98. The van der Waals surface area contributed by atoms with Crippen LogP contribution in [-0.2, 0) is 0 Å². The van der Waals surface area contributed by atoms with Crippen LogP contribution in [0.5, 0.6) is 0 Å². The van der Waals surface area contributed by atoms with Gasteiger partial charge in [0.2, 0.25) is 0 Å². The van der Waals surface area contributed by atoms with Crippen LogP contribution in [0.1, 0.15) is 38.8 Å². The maximum atomic E-state index is 13.7. The van der Waals surface area contributed by atoms with Crippen LogP contribution in [0.3, 0.4) is 0 Å². The summed E-state index contributed by atoms with van der Waals surface area (Å²) in [5.74, 6) is -0.220. The van der Waals surface area contributed by atoms with Gasteiger partial charge in [-0.1, -0.05) is 13.0 Å². The van der Waals surface area contributed by atoms with E-state index in [0.717, 1.165) is 12.1 Å². The van der Waals surface area contributed by atoms with Crippen molar-refractivity contribution in [1.29, 1.82) is 0 Å². The number of nitrogens with zero attached hydrogens (tertiary/aromatic N) is 1. The molecule has 0 aliphatic carbocycles. The Hall–Kier alpha value is -1.09. The standard InChI is InChI=1S/C13H21FN2/c1-5-9(2)16(4)12-8-6-7-11(14)13(12)10(3)15/h6-10H,5,15H2,1-4H3/t9?,10-/m1/s1. The van der Waals surface area contributed by atoms with Gasteiger partial charge in [-0.2, -0.15) is 0 Å². The van der Waals surface area contributed by atoms with E-state index in [1.165, 1.54) is 6.07 Å². The van der Waals surface area contributed by atoms with Gasteiger partial charge in [0, 0.05) is 30.4 Å². The van der Waals surface area contributed by atoms with Crippen LogP contribution in [-0.4, -0.2) is 13.1 Å². The van der Waals surface area contributed by atoms with Gasteiger partial charge < -0.3 is 10.6 Å². The molecule has 0 heterocycles. The molecule has 0 amide bonds. The van der Waals surface area contributed by atoms with Crippen molar-refractivity contribution in [2.24, 2.45) is 5.73 Å². The first kappa shape index (κ1) is 13.0. The van der Waals surface area contributed by atoms with Crippen molar-refractivity contribution in [3.63, 3.8) is 0 Å². The van der Waals surface area contributed by atoms with Crippen molar-refractivity contribution in [2.45, 2.75) is 39.3 Å². The molecule has 0 radical (unpaired) electrons. The number of halogens is 1. The smallest absolute Gasteiger partial charge is 0.130 e. The largest absolute Gasteiger partial charge is 0.372 e. The maximum Gasteiger partial charge on any atom is 0.130 e. The minimum Gasteiger partial charge on any atom is -0.372 e. The fourth-order valence-electron chi connectivity index (χ4n) is 1.80. The first-order valence-electron chi connectivity index (χ1n) is 5.75. The summed E-state index contributed by atoms with van der Waals surface area (Å²) in [5, 5.41) is 0. The Labute approximate surface area is 97.3 Å². The lowest BCUT2D eigenvalue weighted by atomic mass is 10.0. The zero-order valence-corrected chi connectivity index (χ0v) is 10.5.